The van der Waals surface area contributed by atoms with Crippen LogP contribution in [0, 0.1) is 17.7 Å². The highest BCUT2D eigenvalue weighted by atomic mass is 32.2. The minimum atomic E-state index is -0.349. The van der Waals surface area contributed by atoms with E-state index >= 15 is 0 Å². The zero-order valence-electron chi connectivity index (χ0n) is 13.8. The minimum absolute atomic E-state index is 0.107. The summed E-state index contributed by atoms with van der Waals surface area (Å²) in [6, 6.07) is 6.40. The molecule has 128 valence electrons. The van der Waals surface area contributed by atoms with Gasteiger partial charge in [0.2, 0.25) is 11.1 Å². The van der Waals surface area contributed by atoms with Crippen LogP contribution in [0.2, 0.25) is 0 Å². The Hall–Kier alpha value is -1.89. The van der Waals surface area contributed by atoms with Crippen LogP contribution in [-0.2, 0) is 4.79 Å². The predicted octanol–water partition coefficient (Wildman–Crippen LogP) is 3.21. The Morgan fingerprint density at radius 1 is 1.33 bits per heavy atom. The van der Waals surface area contributed by atoms with Gasteiger partial charge >= 0.3 is 0 Å². The van der Waals surface area contributed by atoms with E-state index in [0.717, 1.165) is 13.1 Å². The summed E-state index contributed by atoms with van der Waals surface area (Å²) in [5.41, 5.74) is 0.377. The largest absolute Gasteiger partial charge is 0.341 e. The topological polar surface area (TPSA) is 61.9 Å². The van der Waals surface area contributed by atoms with Gasteiger partial charge in [0, 0.05) is 13.1 Å². The average molecular weight is 348 g/mol. The third-order valence-corrected chi connectivity index (χ3v) is 4.97. The summed E-state index contributed by atoms with van der Waals surface area (Å²) in [4.78, 5) is 18.6. The van der Waals surface area contributed by atoms with Crippen molar-refractivity contribution in [3.05, 3.63) is 30.1 Å². The van der Waals surface area contributed by atoms with Crippen molar-refractivity contribution in [2.24, 2.45) is 11.8 Å². The Bertz CT molecular complexity index is 710. The summed E-state index contributed by atoms with van der Waals surface area (Å²) in [6.07, 6.45) is 1.17. The quantitative estimate of drug-likeness (QED) is 0.862. The van der Waals surface area contributed by atoms with E-state index < -0.39 is 0 Å². The zero-order valence-corrected chi connectivity index (χ0v) is 14.6. The van der Waals surface area contributed by atoms with Gasteiger partial charge in [0.05, 0.1) is 11.3 Å². The van der Waals surface area contributed by atoms with Gasteiger partial charge in [-0.15, -0.1) is 5.10 Å². The third-order valence-electron chi connectivity index (χ3n) is 4.14. The molecule has 1 aliphatic heterocycles. The minimum Gasteiger partial charge on any atom is -0.341 e. The third kappa shape index (κ3) is 3.95. The van der Waals surface area contributed by atoms with Crippen molar-refractivity contribution in [3.8, 4) is 11.4 Å². The molecule has 0 radical (unpaired) electrons. The van der Waals surface area contributed by atoms with Crippen LogP contribution in [0.5, 0.6) is 0 Å². The number of carbonyl (C=O) groups is 1. The molecule has 3 rings (SSSR count). The summed E-state index contributed by atoms with van der Waals surface area (Å²) in [5.74, 6) is 1.52. The van der Waals surface area contributed by atoms with E-state index in [1.165, 1.54) is 24.2 Å². The fourth-order valence-electron chi connectivity index (χ4n) is 3.17. The van der Waals surface area contributed by atoms with Crippen molar-refractivity contribution >= 4 is 17.7 Å². The molecule has 24 heavy (non-hydrogen) atoms. The maximum Gasteiger partial charge on any atom is 0.233 e. The van der Waals surface area contributed by atoms with Gasteiger partial charge in [-0.1, -0.05) is 37.7 Å². The molecule has 0 unspecified atom stereocenters. The van der Waals surface area contributed by atoms with E-state index in [-0.39, 0.29) is 11.7 Å². The Morgan fingerprint density at radius 2 is 2.04 bits per heavy atom. The number of aromatic amines is 1. The smallest absolute Gasteiger partial charge is 0.233 e. The van der Waals surface area contributed by atoms with Crippen molar-refractivity contribution < 1.29 is 9.18 Å². The molecule has 1 saturated heterocycles. The highest BCUT2D eigenvalue weighted by Gasteiger charge is 2.25. The van der Waals surface area contributed by atoms with Gasteiger partial charge < -0.3 is 4.90 Å². The maximum atomic E-state index is 13.8. The molecule has 2 atom stereocenters. The predicted molar refractivity (Wildman–Crippen MR) is 92.0 cm³/mol. The monoisotopic (exact) mass is 348 g/mol. The lowest BCUT2D eigenvalue weighted by Crippen LogP contribution is -2.43. The standard InChI is InChI=1S/C17H21FN4OS/c1-11-7-12(2)9-22(8-11)15(23)10-24-17-19-16(20-21-17)13-5-3-4-6-14(13)18/h3-6,11-12H,7-10H2,1-2H3,(H,19,20,21)/t11-,12-/m0/s1. The number of piperidine rings is 1. The van der Waals surface area contributed by atoms with Gasteiger partial charge in [-0.05, 0) is 30.4 Å². The van der Waals surface area contributed by atoms with Crippen LogP contribution < -0.4 is 0 Å². The van der Waals surface area contributed by atoms with Crippen molar-refractivity contribution in [2.75, 3.05) is 18.8 Å². The van der Waals surface area contributed by atoms with Gasteiger partial charge in [0.1, 0.15) is 5.82 Å². The summed E-state index contributed by atoms with van der Waals surface area (Å²) in [5, 5.41) is 7.26. The highest BCUT2D eigenvalue weighted by Crippen LogP contribution is 2.24. The van der Waals surface area contributed by atoms with Gasteiger partial charge in [-0.25, -0.2) is 9.37 Å². The average Bonchev–Trinajstić information content (AvgIpc) is 3.01. The molecule has 1 N–H and O–H groups in total. The number of hydrogen-bond donors (Lipinski definition) is 1. The molecule has 0 aliphatic carbocycles. The van der Waals surface area contributed by atoms with Crippen LogP contribution >= 0.6 is 11.8 Å². The number of nitrogens with zero attached hydrogens (tertiary/aromatic N) is 3. The molecular weight excluding hydrogens is 327 g/mol. The second-order valence-corrected chi connectivity index (χ2v) is 7.42. The molecule has 1 aliphatic rings. The fraction of sp³-hybridized carbons (Fsp3) is 0.471. The molecular formula is C17H21FN4OS. The maximum absolute atomic E-state index is 13.8. The molecule has 1 amide bonds. The number of nitrogens with one attached hydrogen (secondary N) is 1. The molecule has 1 aromatic heterocycles. The molecule has 0 spiro atoms. The second kappa shape index (κ2) is 7.34. The van der Waals surface area contributed by atoms with Gasteiger partial charge in [0.15, 0.2) is 5.82 Å². The Balaban J connectivity index is 1.59. The van der Waals surface area contributed by atoms with E-state index in [9.17, 15) is 9.18 Å². The van der Waals surface area contributed by atoms with Crippen LogP contribution in [0.1, 0.15) is 20.3 Å². The Kier molecular flexibility index (Phi) is 5.18. The lowest BCUT2D eigenvalue weighted by Gasteiger charge is -2.34. The van der Waals surface area contributed by atoms with Crippen LogP contribution in [0.15, 0.2) is 29.4 Å². The van der Waals surface area contributed by atoms with Crippen LogP contribution in [0.25, 0.3) is 11.4 Å². The lowest BCUT2D eigenvalue weighted by atomic mass is 9.92. The first-order chi connectivity index (χ1) is 11.5. The molecule has 2 aromatic rings. The number of benzene rings is 1. The summed E-state index contributed by atoms with van der Waals surface area (Å²) in [6.45, 7) is 5.99. The van der Waals surface area contributed by atoms with E-state index in [0.29, 0.717) is 34.1 Å². The van der Waals surface area contributed by atoms with E-state index in [2.05, 4.69) is 29.0 Å². The molecule has 1 fully saturated rings. The molecule has 1 aromatic carbocycles. The van der Waals surface area contributed by atoms with Crippen molar-refractivity contribution in [1.82, 2.24) is 20.1 Å². The fourth-order valence-corrected chi connectivity index (χ4v) is 3.87. The van der Waals surface area contributed by atoms with E-state index in [4.69, 9.17) is 0 Å². The zero-order chi connectivity index (χ0) is 17.1. The van der Waals surface area contributed by atoms with Gasteiger partial charge in [-0.2, -0.15) is 0 Å². The summed E-state index contributed by atoms with van der Waals surface area (Å²) in [7, 11) is 0. The molecule has 0 saturated carbocycles. The number of amides is 1. The number of thioether (sulfide) groups is 1. The Morgan fingerprint density at radius 3 is 2.75 bits per heavy atom. The van der Waals surface area contributed by atoms with Crippen LogP contribution in [0.3, 0.4) is 0 Å². The summed E-state index contributed by atoms with van der Waals surface area (Å²) < 4.78 is 13.8. The Labute approximate surface area is 145 Å². The van der Waals surface area contributed by atoms with Crippen molar-refractivity contribution in [1.29, 1.82) is 0 Å². The number of hydrogen-bond acceptors (Lipinski definition) is 4. The number of likely N-dealkylation sites (tertiary alicyclic amines) is 1. The molecule has 2 heterocycles. The van der Waals surface area contributed by atoms with Gasteiger partial charge in [-0.3, -0.25) is 9.89 Å². The van der Waals surface area contributed by atoms with Crippen LogP contribution in [0.4, 0.5) is 4.39 Å². The highest BCUT2D eigenvalue weighted by molar-refractivity contribution is 7.99. The van der Waals surface area contributed by atoms with E-state index in [1.807, 2.05) is 4.90 Å². The number of H-pyrrole nitrogens is 1. The first-order valence-corrected chi connectivity index (χ1v) is 9.09. The lowest BCUT2D eigenvalue weighted by molar-refractivity contribution is -0.130. The molecule has 5 nitrogen and oxygen atoms in total. The first-order valence-electron chi connectivity index (χ1n) is 8.10. The van der Waals surface area contributed by atoms with Crippen molar-refractivity contribution in [3.63, 3.8) is 0 Å². The SMILES string of the molecule is C[C@H]1C[C@H](C)CN(C(=O)CSc2n[nH]c(-c3ccccc3F)n2)C1. The number of halogens is 1. The normalized spacial score (nSPS) is 21.0. The van der Waals surface area contributed by atoms with E-state index in [1.54, 1.807) is 18.2 Å². The number of carbonyl (C=O) groups excluding carboxylic acids is 1. The molecule has 0 bridgehead atoms. The first kappa shape index (κ1) is 17.0. The van der Waals surface area contributed by atoms with Gasteiger partial charge in [0.25, 0.3) is 0 Å². The van der Waals surface area contributed by atoms with Crippen LogP contribution in [-0.4, -0.2) is 44.8 Å². The second-order valence-electron chi connectivity index (χ2n) is 6.48. The van der Waals surface area contributed by atoms with Crippen molar-refractivity contribution in [2.45, 2.75) is 25.4 Å². The number of aromatic nitrogens is 3. The number of rotatable bonds is 4. The molecule has 7 heteroatoms. The summed E-state index contributed by atoms with van der Waals surface area (Å²) >= 11 is 1.28.